The summed E-state index contributed by atoms with van der Waals surface area (Å²) in [6.07, 6.45) is 0. The van der Waals surface area contributed by atoms with E-state index < -0.39 is 6.61 Å². The molecular formula is C19H21Cl2F2N3O2. The largest absolute Gasteiger partial charge is 0.433 e. The summed E-state index contributed by atoms with van der Waals surface area (Å²) in [5.74, 6) is 0.320. The van der Waals surface area contributed by atoms with Crippen LogP contribution in [0.5, 0.6) is 5.75 Å². The minimum absolute atomic E-state index is 0.00664. The fourth-order valence-electron chi connectivity index (χ4n) is 2.52. The third-order valence-electron chi connectivity index (χ3n) is 3.78. The van der Waals surface area contributed by atoms with Crippen molar-refractivity contribution in [2.24, 2.45) is 4.99 Å². The molecule has 2 aromatic carbocycles. The normalized spacial score (nSPS) is 11.6. The van der Waals surface area contributed by atoms with Crippen molar-refractivity contribution in [3.8, 4) is 5.75 Å². The van der Waals surface area contributed by atoms with Crippen LogP contribution >= 0.6 is 23.2 Å². The van der Waals surface area contributed by atoms with E-state index >= 15 is 0 Å². The van der Waals surface area contributed by atoms with Gasteiger partial charge in [0.2, 0.25) is 0 Å². The third kappa shape index (κ3) is 6.51. The predicted molar refractivity (Wildman–Crippen MR) is 107 cm³/mol. The summed E-state index contributed by atoms with van der Waals surface area (Å²) in [7, 11) is 0. The Morgan fingerprint density at radius 1 is 1.14 bits per heavy atom. The molecule has 0 unspecified atom stereocenters. The van der Waals surface area contributed by atoms with E-state index in [0.29, 0.717) is 29.6 Å². The Morgan fingerprint density at radius 2 is 1.86 bits per heavy atom. The first-order valence-electron chi connectivity index (χ1n) is 8.57. The molecular weight excluding hydrogens is 411 g/mol. The van der Waals surface area contributed by atoms with Crippen molar-refractivity contribution in [3.63, 3.8) is 0 Å². The van der Waals surface area contributed by atoms with Crippen LogP contribution in [0.1, 0.15) is 23.6 Å². The Labute approximate surface area is 172 Å². The van der Waals surface area contributed by atoms with Gasteiger partial charge in [-0.2, -0.15) is 8.78 Å². The van der Waals surface area contributed by atoms with Gasteiger partial charge in [0.1, 0.15) is 5.75 Å². The Kier molecular flexibility index (Phi) is 8.76. The summed E-state index contributed by atoms with van der Waals surface area (Å²) >= 11 is 12.0. The lowest BCUT2D eigenvalue weighted by Gasteiger charge is -2.15. The van der Waals surface area contributed by atoms with Gasteiger partial charge in [0.15, 0.2) is 5.96 Å². The monoisotopic (exact) mass is 431 g/mol. The maximum absolute atomic E-state index is 12.7. The van der Waals surface area contributed by atoms with Gasteiger partial charge in [-0.05, 0) is 30.2 Å². The number of benzene rings is 2. The zero-order valence-electron chi connectivity index (χ0n) is 15.2. The lowest BCUT2D eigenvalue weighted by atomic mass is 10.1. The summed E-state index contributed by atoms with van der Waals surface area (Å²) in [5, 5.41) is 15.9. The molecule has 0 aromatic heterocycles. The minimum Gasteiger partial charge on any atom is -0.433 e. The summed E-state index contributed by atoms with van der Waals surface area (Å²) in [4.78, 5) is 4.39. The smallest absolute Gasteiger partial charge is 0.387 e. The maximum Gasteiger partial charge on any atom is 0.387 e. The average Bonchev–Trinajstić information content (AvgIpc) is 2.66. The Balaban J connectivity index is 2.18. The number of nitrogens with zero attached hydrogens (tertiary/aromatic N) is 1. The molecule has 0 aliphatic heterocycles. The van der Waals surface area contributed by atoms with E-state index in [2.05, 4.69) is 20.4 Å². The van der Waals surface area contributed by atoms with Crippen LogP contribution in [-0.4, -0.2) is 24.2 Å². The second-order valence-corrected chi connectivity index (χ2v) is 6.57. The molecule has 0 fully saturated rings. The van der Waals surface area contributed by atoms with Gasteiger partial charge in [0, 0.05) is 23.7 Å². The summed E-state index contributed by atoms with van der Waals surface area (Å²) in [6, 6.07) is 10.3. The molecule has 0 bridgehead atoms. The van der Waals surface area contributed by atoms with Crippen LogP contribution in [0.4, 0.5) is 8.78 Å². The van der Waals surface area contributed by atoms with Crippen LogP contribution in [0.3, 0.4) is 0 Å². The van der Waals surface area contributed by atoms with Crippen molar-refractivity contribution in [1.29, 1.82) is 0 Å². The summed E-state index contributed by atoms with van der Waals surface area (Å²) in [6.45, 7) is -0.118. The number of rotatable bonds is 8. The van der Waals surface area contributed by atoms with E-state index in [0.717, 1.165) is 11.1 Å². The fourth-order valence-corrected chi connectivity index (χ4v) is 3.10. The number of guanidine groups is 1. The maximum atomic E-state index is 12.7. The number of halogens is 4. The van der Waals surface area contributed by atoms with Gasteiger partial charge in [-0.15, -0.1) is 0 Å². The van der Waals surface area contributed by atoms with Crippen molar-refractivity contribution in [2.75, 3.05) is 6.54 Å². The molecule has 0 radical (unpaired) electrons. The lowest BCUT2D eigenvalue weighted by molar-refractivity contribution is -0.0503. The first-order chi connectivity index (χ1) is 13.4. The second-order valence-electron chi connectivity index (χ2n) is 5.73. The molecule has 2 aromatic rings. The van der Waals surface area contributed by atoms with Crippen LogP contribution in [0.25, 0.3) is 0 Å². The predicted octanol–water partition coefficient (Wildman–Crippen LogP) is 4.34. The van der Waals surface area contributed by atoms with Crippen LogP contribution in [0.2, 0.25) is 10.0 Å². The van der Waals surface area contributed by atoms with E-state index in [1.54, 1.807) is 0 Å². The zero-order chi connectivity index (χ0) is 20.5. The van der Waals surface area contributed by atoms with Crippen LogP contribution in [0, 0.1) is 0 Å². The van der Waals surface area contributed by atoms with Gasteiger partial charge in [0.05, 0.1) is 18.2 Å². The minimum atomic E-state index is -3.01. The van der Waals surface area contributed by atoms with E-state index in [1.807, 2.05) is 31.2 Å². The van der Waals surface area contributed by atoms with Gasteiger partial charge in [-0.25, -0.2) is 4.99 Å². The molecule has 0 atom stereocenters. The van der Waals surface area contributed by atoms with Crippen molar-refractivity contribution in [1.82, 2.24) is 10.6 Å². The quantitative estimate of drug-likeness (QED) is 0.429. The highest BCUT2D eigenvalue weighted by Crippen LogP contribution is 2.34. The molecule has 152 valence electrons. The highest BCUT2D eigenvalue weighted by atomic mass is 35.5. The van der Waals surface area contributed by atoms with E-state index in [9.17, 15) is 13.9 Å². The Hall–Kier alpha value is -2.09. The highest BCUT2D eigenvalue weighted by Gasteiger charge is 2.15. The standard InChI is InChI=1S/C19H21Cl2F2N3O2/c1-2-24-19(25-9-12-5-3-4-6-13(12)11-27)26-10-14-7-15(20)8-16(21)17(14)28-18(22)23/h3-8,18,27H,2,9-11H2,1H3,(H2,24,25,26). The topological polar surface area (TPSA) is 65.9 Å². The Bertz CT molecular complexity index is 820. The number of aliphatic hydroxyl groups is 1. The van der Waals surface area contributed by atoms with E-state index in [4.69, 9.17) is 23.2 Å². The van der Waals surface area contributed by atoms with Gasteiger partial charge < -0.3 is 20.5 Å². The molecule has 28 heavy (non-hydrogen) atoms. The van der Waals surface area contributed by atoms with Crippen LogP contribution in [0.15, 0.2) is 41.4 Å². The molecule has 0 aliphatic rings. The summed E-state index contributed by atoms with van der Waals surface area (Å²) in [5.41, 5.74) is 2.06. The number of aliphatic imine (C=N–C) groups is 1. The Morgan fingerprint density at radius 3 is 2.50 bits per heavy atom. The number of hydrogen-bond acceptors (Lipinski definition) is 3. The molecule has 0 heterocycles. The van der Waals surface area contributed by atoms with E-state index in [-0.39, 0.29) is 23.9 Å². The number of aliphatic hydroxyl groups excluding tert-OH is 1. The number of alkyl halides is 2. The first-order valence-corrected chi connectivity index (χ1v) is 9.32. The lowest BCUT2D eigenvalue weighted by Crippen LogP contribution is -2.37. The van der Waals surface area contributed by atoms with E-state index in [1.165, 1.54) is 12.1 Å². The molecule has 0 aliphatic carbocycles. The van der Waals surface area contributed by atoms with Crippen LogP contribution in [-0.2, 0) is 19.7 Å². The molecule has 9 heteroatoms. The average molecular weight is 432 g/mol. The van der Waals surface area contributed by atoms with Crippen molar-refractivity contribution in [3.05, 3.63) is 63.1 Å². The van der Waals surface area contributed by atoms with Gasteiger partial charge >= 0.3 is 6.61 Å². The molecule has 0 spiro atoms. The molecule has 2 rings (SSSR count). The van der Waals surface area contributed by atoms with Gasteiger partial charge in [-0.1, -0.05) is 47.5 Å². The molecule has 3 N–H and O–H groups in total. The first kappa shape index (κ1) is 22.2. The number of ether oxygens (including phenoxy) is 1. The number of nitrogens with one attached hydrogen (secondary N) is 2. The SMILES string of the molecule is CCNC(=NCc1cc(Cl)cc(Cl)c1OC(F)F)NCc1ccccc1CO. The zero-order valence-corrected chi connectivity index (χ0v) is 16.7. The van der Waals surface area contributed by atoms with Crippen molar-refractivity contribution in [2.45, 2.75) is 33.2 Å². The molecule has 0 saturated heterocycles. The van der Waals surface area contributed by atoms with Crippen molar-refractivity contribution < 1.29 is 18.6 Å². The second kappa shape index (κ2) is 11.0. The molecule has 0 saturated carbocycles. The van der Waals surface area contributed by atoms with Gasteiger partial charge in [-0.3, -0.25) is 0 Å². The third-order valence-corrected chi connectivity index (χ3v) is 4.28. The van der Waals surface area contributed by atoms with Crippen LogP contribution < -0.4 is 15.4 Å². The summed E-state index contributed by atoms with van der Waals surface area (Å²) < 4.78 is 29.9. The molecule has 0 amide bonds. The highest BCUT2D eigenvalue weighted by molar-refractivity contribution is 6.35. The number of hydrogen-bond donors (Lipinski definition) is 3. The van der Waals surface area contributed by atoms with Crippen molar-refractivity contribution >= 4 is 29.2 Å². The van der Waals surface area contributed by atoms with Gasteiger partial charge in [0.25, 0.3) is 0 Å². The molecule has 5 nitrogen and oxygen atoms in total. The fraction of sp³-hybridized carbons (Fsp3) is 0.316.